The number of fused-ring (bicyclic) bond motifs is 3. The Balaban J connectivity index is 1.71. The average molecular weight is 419 g/mol. The van der Waals surface area contributed by atoms with Gasteiger partial charge in [0.2, 0.25) is 0 Å². The van der Waals surface area contributed by atoms with Crippen LogP contribution in [0, 0.1) is 0 Å². The number of hydrogen-bond donors (Lipinski definition) is 2. The summed E-state index contributed by atoms with van der Waals surface area (Å²) in [4.78, 5) is 0. The molecule has 3 nitrogen and oxygen atoms in total. The van der Waals surface area contributed by atoms with Crippen LogP contribution in [0.15, 0.2) is 54.6 Å². The molecule has 4 aromatic rings. The van der Waals surface area contributed by atoms with E-state index < -0.39 is 0 Å². The van der Waals surface area contributed by atoms with E-state index in [4.69, 9.17) is 40.5 Å². The summed E-state index contributed by atoms with van der Waals surface area (Å²) in [6.45, 7) is 1.98. The SMILES string of the molecule is NCCn1c2ccc(Cl)cc2c2ccc(NCc3ccc(Cl)c(Cl)c3)cc21. The quantitative estimate of drug-likeness (QED) is 0.398. The molecular weight excluding hydrogens is 401 g/mol. The zero-order valence-electron chi connectivity index (χ0n) is 14.5. The predicted molar refractivity (Wildman–Crippen MR) is 117 cm³/mol. The van der Waals surface area contributed by atoms with Gasteiger partial charge in [-0.1, -0.05) is 46.9 Å². The Hall–Kier alpha value is -1.91. The van der Waals surface area contributed by atoms with Crippen molar-refractivity contribution in [1.29, 1.82) is 0 Å². The van der Waals surface area contributed by atoms with Crippen LogP contribution in [0.2, 0.25) is 15.1 Å². The van der Waals surface area contributed by atoms with E-state index in [0.717, 1.165) is 39.2 Å². The highest BCUT2D eigenvalue weighted by atomic mass is 35.5. The molecule has 0 bridgehead atoms. The molecule has 1 aromatic heterocycles. The number of benzene rings is 3. The Morgan fingerprint density at radius 2 is 1.67 bits per heavy atom. The van der Waals surface area contributed by atoms with Crippen LogP contribution < -0.4 is 11.1 Å². The second-order valence-corrected chi connectivity index (χ2v) is 7.69. The molecule has 0 radical (unpaired) electrons. The fraction of sp³-hybridized carbons (Fsp3) is 0.143. The normalized spacial score (nSPS) is 11.4. The van der Waals surface area contributed by atoms with Crippen LogP contribution in [0.1, 0.15) is 5.56 Å². The van der Waals surface area contributed by atoms with E-state index >= 15 is 0 Å². The third-order valence-corrected chi connectivity index (χ3v) is 5.64. The minimum atomic E-state index is 0.561. The number of halogens is 3. The van der Waals surface area contributed by atoms with Gasteiger partial charge in [0.05, 0.1) is 15.6 Å². The summed E-state index contributed by atoms with van der Waals surface area (Å²) < 4.78 is 2.24. The van der Waals surface area contributed by atoms with E-state index in [1.165, 1.54) is 5.39 Å². The first-order chi connectivity index (χ1) is 13.1. The highest BCUT2D eigenvalue weighted by Crippen LogP contribution is 2.33. The van der Waals surface area contributed by atoms with Gasteiger partial charge in [0, 0.05) is 46.6 Å². The topological polar surface area (TPSA) is 43.0 Å². The highest BCUT2D eigenvalue weighted by molar-refractivity contribution is 6.42. The first kappa shape index (κ1) is 18.5. The van der Waals surface area contributed by atoms with Gasteiger partial charge in [0.15, 0.2) is 0 Å². The summed E-state index contributed by atoms with van der Waals surface area (Å²) in [6, 6.07) is 18.0. The van der Waals surface area contributed by atoms with Crippen LogP contribution in [-0.4, -0.2) is 11.1 Å². The van der Waals surface area contributed by atoms with Crippen molar-refractivity contribution in [2.75, 3.05) is 11.9 Å². The summed E-state index contributed by atoms with van der Waals surface area (Å²) >= 11 is 18.3. The van der Waals surface area contributed by atoms with Gasteiger partial charge in [0.1, 0.15) is 0 Å². The maximum atomic E-state index is 6.21. The van der Waals surface area contributed by atoms with Crippen molar-refractivity contribution >= 4 is 62.3 Å². The Morgan fingerprint density at radius 3 is 2.44 bits per heavy atom. The molecular formula is C21H18Cl3N3. The third kappa shape index (κ3) is 3.61. The summed E-state index contributed by atoms with van der Waals surface area (Å²) in [6.07, 6.45) is 0. The summed E-state index contributed by atoms with van der Waals surface area (Å²) in [5.74, 6) is 0. The van der Waals surface area contributed by atoms with Crippen molar-refractivity contribution in [1.82, 2.24) is 4.57 Å². The lowest BCUT2D eigenvalue weighted by Gasteiger charge is -2.10. The van der Waals surface area contributed by atoms with Gasteiger partial charge in [-0.15, -0.1) is 0 Å². The van der Waals surface area contributed by atoms with Crippen LogP contribution in [0.3, 0.4) is 0 Å². The zero-order chi connectivity index (χ0) is 19.0. The summed E-state index contributed by atoms with van der Waals surface area (Å²) in [5.41, 5.74) is 10.2. The molecule has 138 valence electrons. The Bertz CT molecular complexity index is 1130. The van der Waals surface area contributed by atoms with Gasteiger partial charge in [-0.25, -0.2) is 0 Å². The van der Waals surface area contributed by atoms with Gasteiger partial charge in [-0.2, -0.15) is 0 Å². The number of nitrogens with one attached hydrogen (secondary N) is 1. The minimum Gasteiger partial charge on any atom is -0.381 e. The molecule has 0 saturated carbocycles. The molecule has 0 aliphatic heterocycles. The van der Waals surface area contributed by atoms with E-state index in [9.17, 15) is 0 Å². The van der Waals surface area contributed by atoms with Gasteiger partial charge >= 0.3 is 0 Å². The molecule has 6 heteroatoms. The van der Waals surface area contributed by atoms with E-state index in [0.29, 0.717) is 23.1 Å². The molecule has 3 aromatic carbocycles. The Kier molecular flexibility index (Phi) is 5.20. The smallest absolute Gasteiger partial charge is 0.0595 e. The van der Waals surface area contributed by atoms with Crippen molar-refractivity contribution in [3.05, 3.63) is 75.2 Å². The molecule has 1 heterocycles. The van der Waals surface area contributed by atoms with E-state index in [2.05, 4.69) is 34.1 Å². The largest absolute Gasteiger partial charge is 0.381 e. The molecule has 0 unspecified atom stereocenters. The molecule has 0 atom stereocenters. The van der Waals surface area contributed by atoms with Crippen molar-refractivity contribution in [2.45, 2.75) is 13.1 Å². The van der Waals surface area contributed by atoms with E-state index in [-0.39, 0.29) is 0 Å². The van der Waals surface area contributed by atoms with Crippen molar-refractivity contribution in [2.24, 2.45) is 5.73 Å². The molecule has 0 aliphatic rings. The third-order valence-electron chi connectivity index (χ3n) is 4.66. The molecule has 0 amide bonds. The van der Waals surface area contributed by atoms with E-state index in [1.807, 2.05) is 30.3 Å². The lowest BCUT2D eigenvalue weighted by molar-refractivity contribution is 0.758. The van der Waals surface area contributed by atoms with Crippen molar-refractivity contribution in [3.63, 3.8) is 0 Å². The number of nitrogens with two attached hydrogens (primary N) is 1. The number of anilines is 1. The molecule has 27 heavy (non-hydrogen) atoms. The van der Waals surface area contributed by atoms with Crippen LogP contribution in [0.5, 0.6) is 0 Å². The molecule has 4 rings (SSSR count). The highest BCUT2D eigenvalue weighted by Gasteiger charge is 2.11. The van der Waals surface area contributed by atoms with Gasteiger partial charge in [-0.3, -0.25) is 0 Å². The molecule has 0 saturated heterocycles. The lowest BCUT2D eigenvalue weighted by atomic mass is 10.1. The first-order valence-electron chi connectivity index (χ1n) is 8.66. The van der Waals surface area contributed by atoms with Gasteiger partial charge < -0.3 is 15.6 Å². The number of nitrogens with zero attached hydrogens (tertiary/aromatic N) is 1. The summed E-state index contributed by atoms with van der Waals surface area (Å²) in [5, 5.41) is 7.62. The van der Waals surface area contributed by atoms with E-state index in [1.54, 1.807) is 0 Å². The molecule has 0 aliphatic carbocycles. The van der Waals surface area contributed by atoms with Crippen molar-refractivity contribution < 1.29 is 0 Å². The van der Waals surface area contributed by atoms with Crippen LogP contribution in [0.4, 0.5) is 5.69 Å². The Labute approximate surface area is 172 Å². The fourth-order valence-corrected chi connectivity index (χ4v) is 3.90. The van der Waals surface area contributed by atoms with Crippen LogP contribution >= 0.6 is 34.8 Å². The predicted octanol–water partition coefficient (Wildman–Crippen LogP) is 6.33. The van der Waals surface area contributed by atoms with Gasteiger partial charge in [0.25, 0.3) is 0 Å². The molecule has 0 fully saturated rings. The minimum absolute atomic E-state index is 0.561. The van der Waals surface area contributed by atoms with Crippen LogP contribution in [-0.2, 0) is 13.1 Å². The maximum absolute atomic E-state index is 6.21. The first-order valence-corrected chi connectivity index (χ1v) is 9.79. The number of aromatic nitrogens is 1. The van der Waals surface area contributed by atoms with Crippen molar-refractivity contribution in [3.8, 4) is 0 Å². The molecule has 0 spiro atoms. The monoisotopic (exact) mass is 417 g/mol. The maximum Gasteiger partial charge on any atom is 0.0595 e. The van der Waals surface area contributed by atoms with Crippen LogP contribution in [0.25, 0.3) is 21.8 Å². The standard InChI is InChI=1S/C21H18Cl3N3/c22-14-2-6-20-17(10-14)16-4-3-15(11-21(16)27(20)8-7-25)26-12-13-1-5-18(23)19(24)9-13/h1-6,9-11,26H,7-8,12,25H2. The van der Waals surface area contributed by atoms with Gasteiger partial charge in [-0.05, 0) is 48.0 Å². The lowest BCUT2D eigenvalue weighted by Crippen LogP contribution is -2.09. The second kappa shape index (κ2) is 7.61. The Morgan fingerprint density at radius 1 is 0.815 bits per heavy atom. The fourth-order valence-electron chi connectivity index (χ4n) is 3.41. The summed E-state index contributed by atoms with van der Waals surface area (Å²) in [7, 11) is 0. The number of rotatable bonds is 5. The second-order valence-electron chi connectivity index (χ2n) is 6.44. The number of hydrogen-bond acceptors (Lipinski definition) is 2. The zero-order valence-corrected chi connectivity index (χ0v) is 16.7. The molecule has 3 N–H and O–H groups in total. The average Bonchev–Trinajstić information content (AvgIpc) is 2.96.